The van der Waals surface area contributed by atoms with Gasteiger partial charge in [0.1, 0.15) is 10.9 Å². The second-order valence-electron chi connectivity index (χ2n) is 5.58. The zero-order valence-electron chi connectivity index (χ0n) is 12.0. The molecule has 1 aliphatic rings. The molecule has 0 bridgehead atoms. The van der Waals surface area contributed by atoms with Crippen LogP contribution >= 0.6 is 11.6 Å². The summed E-state index contributed by atoms with van der Waals surface area (Å²) >= 11 is 5.89. The van der Waals surface area contributed by atoms with Gasteiger partial charge in [-0.1, -0.05) is 11.6 Å². The molecule has 1 atom stereocenters. The van der Waals surface area contributed by atoms with Crippen molar-refractivity contribution in [3.63, 3.8) is 0 Å². The second-order valence-corrected chi connectivity index (χ2v) is 8.34. The average Bonchev–Trinajstić information content (AvgIpc) is 3.16. The zero-order chi connectivity index (χ0) is 15.9. The Hall–Kier alpha value is -1.60. The van der Waals surface area contributed by atoms with Crippen molar-refractivity contribution in [2.45, 2.75) is 36.8 Å². The number of sulfone groups is 1. The Morgan fingerprint density at radius 2 is 2.18 bits per heavy atom. The number of nitrogens with one attached hydrogen (secondary N) is 1. The number of nitrogens with zero attached hydrogens (tertiary/aromatic N) is 2. The van der Waals surface area contributed by atoms with Crippen molar-refractivity contribution in [1.29, 1.82) is 0 Å². The Balaban J connectivity index is 1.77. The van der Waals surface area contributed by atoms with Gasteiger partial charge in [-0.25, -0.2) is 13.4 Å². The molecule has 1 fully saturated rings. The summed E-state index contributed by atoms with van der Waals surface area (Å²) in [5.41, 5.74) is 1.01. The maximum atomic E-state index is 12.4. The molecule has 3 rings (SSSR count). The van der Waals surface area contributed by atoms with Gasteiger partial charge in [-0.15, -0.1) is 0 Å². The number of amides is 1. The largest absolute Gasteiger partial charge is 0.352 e. The molecule has 0 radical (unpaired) electrons. The number of halogens is 1. The minimum Gasteiger partial charge on any atom is -0.352 e. The minimum atomic E-state index is -3.61. The molecule has 0 spiro atoms. The summed E-state index contributed by atoms with van der Waals surface area (Å²) in [6.07, 6.45) is 5.12. The number of aromatic nitrogens is 2. The van der Waals surface area contributed by atoms with Crippen LogP contribution in [0.25, 0.3) is 5.65 Å². The van der Waals surface area contributed by atoms with E-state index in [-0.39, 0.29) is 11.8 Å². The third kappa shape index (κ3) is 3.25. The van der Waals surface area contributed by atoms with Crippen molar-refractivity contribution in [2.75, 3.05) is 0 Å². The normalized spacial score (nSPS) is 16.6. The number of carbonyl (C=O) groups excluding carboxylic acids is 1. The Kier molecular flexibility index (Phi) is 3.86. The van der Waals surface area contributed by atoms with Gasteiger partial charge in [-0.3, -0.25) is 4.79 Å². The lowest BCUT2D eigenvalue weighted by Crippen LogP contribution is -2.39. The van der Waals surface area contributed by atoms with Crippen molar-refractivity contribution in [3.05, 3.63) is 35.2 Å². The standard InChI is InChI=1S/C14H16ClN3O3S/c1-9(14(19)17-11-3-4-11)22(20,21)8-12-7-18-6-10(15)2-5-13(18)16-12/h2,5-7,9,11H,3-4,8H2,1H3,(H,17,19)/t9-/m1/s1. The molecule has 2 heterocycles. The van der Waals surface area contributed by atoms with Gasteiger partial charge >= 0.3 is 0 Å². The third-order valence-electron chi connectivity index (χ3n) is 3.65. The summed E-state index contributed by atoms with van der Waals surface area (Å²) in [4.78, 5) is 16.2. The molecule has 8 heteroatoms. The van der Waals surface area contributed by atoms with E-state index in [1.165, 1.54) is 6.92 Å². The fraction of sp³-hybridized carbons (Fsp3) is 0.429. The number of hydrogen-bond acceptors (Lipinski definition) is 4. The minimum absolute atomic E-state index is 0.141. The Morgan fingerprint density at radius 1 is 1.45 bits per heavy atom. The fourth-order valence-electron chi connectivity index (χ4n) is 2.13. The van der Waals surface area contributed by atoms with Gasteiger partial charge in [0, 0.05) is 18.4 Å². The van der Waals surface area contributed by atoms with Crippen LogP contribution in [0.4, 0.5) is 0 Å². The molecule has 118 valence electrons. The van der Waals surface area contributed by atoms with E-state index in [4.69, 9.17) is 11.6 Å². The molecule has 0 aliphatic heterocycles. The molecule has 2 aromatic heterocycles. The first-order valence-corrected chi connectivity index (χ1v) is 9.09. The molecule has 6 nitrogen and oxygen atoms in total. The molecule has 1 aliphatic carbocycles. The van der Waals surface area contributed by atoms with Gasteiger partial charge in [0.05, 0.1) is 16.5 Å². The van der Waals surface area contributed by atoms with Crippen LogP contribution in [-0.2, 0) is 20.4 Å². The highest BCUT2D eigenvalue weighted by molar-refractivity contribution is 7.92. The van der Waals surface area contributed by atoms with Gasteiger partial charge in [0.2, 0.25) is 5.91 Å². The number of rotatable bonds is 5. The number of hydrogen-bond donors (Lipinski definition) is 1. The van der Waals surface area contributed by atoms with E-state index < -0.39 is 21.0 Å². The van der Waals surface area contributed by atoms with Crippen LogP contribution in [0.5, 0.6) is 0 Å². The lowest BCUT2D eigenvalue weighted by molar-refractivity contribution is -0.120. The van der Waals surface area contributed by atoms with Gasteiger partial charge in [0.25, 0.3) is 0 Å². The lowest BCUT2D eigenvalue weighted by atomic mass is 10.4. The van der Waals surface area contributed by atoms with Crippen LogP contribution in [0.15, 0.2) is 24.5 Å². The zero-order valence-corrected chi connectivity index (χ0v) is 13.6. The molecule has 2 aromatic rings. The van der Waals surface area contributed by atoms with Crippen molar-refractivity contribution in [3.8, 4) is 0 Å². The summed E-state index contributed by atoms with van der Waals surface area (Å²) in [6.45, 7) is 1.42. The number of pyridine rings is 1. The van der Waals surface area contributed by atoms with E-state index in [1.54, 1.807) is 28.9 Å². The fourth-order valence-corrected chi connectivity index (χ4v) is 3.49. The molecular weight excluding hydrogens is 326 g/mol. The summed E-state index contributed by atoms with van der Waals surface area (Å²) in [6, 6.07) is 3.54. The number of fused-ring (bicyclic) bond motifs is 1. The maximum absolute atomic E-state index is 12.4. The molecule has 1 amide bonds. The van der Waals surface area contributed by atoms with Crippen LogP contribution in [-0.4, -0.2) is 35.0 Å². The van der Waals surface area contributed by atoms with Crippen LogP contribution in [0.1, 0.15) is 25.5 Å². The first-order chi connectivity index (χ1) is 10.3. The molecule has 0 aromatic carbocycles. The highest BCUT2D eigenvalue weighted by Gasteiger charge is 2.32. The highest BCUT2D eigenvalue weighted by atomic mass is 35.5. The SMILES string of the molecule is C[C@H](C(=O)NC1CC1)S(=O)(=O)Cc1cn2cc(Cl)ccc2n1. The average molecular weight is 342 g/mol. The van der Waals surface area contributed by atoms with E-state index in [2.05, 4.69) is 10.3 Å². The van der Waals surface area contributed by atoms with Crippen molar-refractivity contribution in [2.24, 2.45) is 0 Å². The van der Waals surface area contributed by atoms with Gasteiger partial charge in [-0.05, 0) is 31.9 Å². The molecule has 1 N–H and O–H groups in total. The number of imidazole rings is 1. The quantitative estimate of drug-likeness (QED) is 0.895. The predicted octanol–water partition coefficient (Wildman–Crippen LogP) is 1.57. The van der Waals surface area contributed by atoms with Crippen molar-refractivity contribution >= 4 is 33.0 Å². The van der Waals surface area contributed by atoms with Crippen LogP contribution < -0.4 is 5.32 Å². The van der Waals surface area contributed by atoms with Gasteiger partial charge in [-0.2, -0.15) is 0 Å². The third-order valence-corrected chi connectivity index (χ3v) is 5.86. The first kappa shape index (κ1) is 15.3. The van der Waals surface area contributed by atoms with E-state index >= 15 is 0 Å². The van der Waals surface area contributed by atoms with Crippen LogP contribution in [0.3, 0.4) is 0 Å². The lowest BCUT2D eigenvalue weighted by Gasteiger charge is -2.11. The van der Waals surface area contributed by atoms with E-state index in [1.807, 2.05) is 0 Å². The number of carbonyl (C=O) groups is 1. The van der Waals surface area contributed by atoms with Crippen molar-refractivity contribution in [1.82, 2.24) is 14.7 Å². The van der Waals surface area contributed by atoms with Crippen LogP contribution in [0, 0.1) is 0 Å². The summed E-state index contributed by atoms with van der Waals surface area (Å²) in [5.74, 6) is -0.708. The summed E-state index contributed by atoms with van der Waals surface area (Å²) < 4.78 is 26.4. The molecule has 0 unspecified atom stereocenters. The van der Waals surface area contributed by atoms with E-state index in [0.717, 1.165) is 12.8 Å². The van der Waals surface area contributed by atoms with E-state index in [0.29, 0.717) is 16.4 Å². The molecule has 22 heavy (non-hydrogen) atoms. The Labute approximate surface area is 133 Å². The highest BCUT2D eigenvalue weighted by Crippen LogP contribution is 2.20. The monoisotopic (exact) mass is 341 g/mol. The van der Waals surface area contributed by atoms with Gasteiger partial charge in [0.15, 0.2) is 9.84 Å². The Morgan fingerprint density at radius 3 is 2.86 bits per heavy atom. The first-order valence-electron chi connectivity index (χ1n) is 7.00. The Bertz CT molecular complexity index is 827. The van der Waals surface area contributed by atoms with Crippen molar-refractivity contribution < 1.29 is 13.2 Å². The smallest absolute Gasteiger partial charge is 0.238 e. The van der Waals surface area contributed by atoms with Crippen LogP contribution in [0.2, 0.25) is 5.02 Å². The molecular formula is C14H16ClN3O3S. The molecule has 0 saturated heterocycles. The predicted molar refractivity (Wildman–Crippen MR) is 83.5 cm³/mol. The topological polar surface area (TPSA) is 80.5 Å². The summed E-state index contributed by atoms with van der Waals surface area (Å²) in [5, 5.41) is 2.17. The summed E-state index contributed by atoms with van der Waals surface area (Å²) in [7, 11) is -3.61. The second kappa shape index (κ2) is 5.55. The van der Waals surface area contributed by atoms with Gasteiger partial charge < -0.3 is 9.72 Å². The molecule has 1 saturated carbocycles. The van der Waals surface area contributed by atoms with E-state index in [9.17, 15) is 13.2 Å². The maximum Gasteiger partial charge on any atom is 0.238 e.